The van der Waals surface area contributed by atoms with Crippen LogP contribution in [0.1, 0.15) is 0 Å². The molecule has 0 radical (unpaired) electrons. The van der Waals surface area contributed by atoms with Crippen LogP contribution in [-0.2, 0) is 12.3 Å². The molecule has 0 saturated carbocycles. The van der Waals surface area contributed by atoms with E-state index in [9.17, 15) is 0 Å². The lowest BCUT2D eigenvalue weighted by atomic mass is 11.6. The second-order valence-electron chi connectivity index (χ2n) is 15.7. The molecule has 31 heavy (non-hydrogen) atoms. The summed E-state index contributed by atoms with van der Waals surface area (Å²) in [6.45, 7) is 46.6. The number of hydrogen-bond donors (Lipinski definition) is 0. The molecule has 3 nitrogen and oxygen atoms in total. The van der Waals surface area contributed by atoms with E-state index in [-0.39, 0.29) is 7.82 Å². The second-order valence-corrected chi connectivity index (χ2v) is 58.0. The molecule has 0 aromatic rings. The monoisotopic (exact) mass is 566 g/mol. The average molecular weight is 567 g/mol. The van der Waals surface area contributed by atoms with Crippen LogP contribution in [0.2, 0.25) is 126 Å². The summed E-state index contributed by atoms with van der Waals surface area (Å²) in [6, 6.07) is 0. The Labute approximate surface area is 203 Å². The quantitative estimate of drug-likeness (QED) is 0.326. The molecular formula is C20H54O3Si8. The predicted molar refractivity (Wildman–Crippen MR) is 160 cm³/mol. The molecular weight excluding hydrogens is 513 g/mol. The van der Waals surface area contributed by atoms with Gasteiger partial charge in [0.25, 0.3) is 0 Å². The van der Waals surface area contributed by atoms with Crippen molar-refractivity contribution >= 4 is 66.1 Å². The predicted octanol–water partition coefficient (Wildman–Crippen LogP) is 7.69. The third-order valence-electron chi connectivity index (χ3n) is 8.96. The van der Waals surface area contributed by atoms with Gasteiger partial charge in [-0.1, -0.05) is 78.6 Å². The molecule has 0 aliphatic carbocycles. The summed E-state index contributed by atoms with van der Waals surface area (Å²) in [5, 5.41) is 0. The maximum Gasteiger partial charge on any atom is 0.316 e. The second kappa shape index (κ2) is 7.10. The van der Waals surface area contributed by atoms with Crippen molar-refractivity contribution < 1.29 is 12.3 Å². The van der Waals surface area contributed by atoms with Crippen molar-refractivity contribution in [1.82, 2.24) is 0 Å². The number of rotatable bonds is 4. The Balaban J connectivity index is 3.08. The summed E-state index contributed by atoms with van der Waals surface area (Å²) >= 11 is 0. The molecule has 2 aliphatic rings. The van der Waals surface area contributed by atoms with Crippen molar-refractivity contribution in [3.05, 3.63) is 0 Å². The molecule has 2 atom stereocenters. The minimum atomic E-state index is -2.50. The Bertz CT molecular complexity index is 643. The van der Waals surface area contributed by atoms with E-state index in [1.54, 1.807) is 0 Å². The van der Waals surface area contributed by atoms with E-state index in [0.29, 0.717) is 0 Å². The first-order chi connectivity index (χ1) is 13.1. The molecule has 0 aromatic carbocycles. The van der Waals surface area contributed by atoms with Gasteiger partial charge in [-0.2, -0.15) is 0 Å². The smallest absolute Gasteiger partial charge is 0.316 e. The summed E-state index contributed by atoms with van der Waals surface area (Å²) in [5.41, 5.74) is 0. The van der Waals surface area contributed by atoms with Gasteiger partial charge in [0, 0.05) is 7.82 Å². The van der Waals surface area contributed by atoms with Crippen LogP contribution in [0.3, 0.4) is 0 Å². The lowest BCUT2D eigenvalue weighted by Crippen LogP contribution is -2.95. The first-order valence-electron chi connectivity index (χ1n) is 12.2. The average Bonchev–Trinajstić information content (AvgIpc) is 2.23. The molecule has 2 fully saturated rings. The van der Waals surface area contributed by atoms with E-state index in [2.05, 4.69) is 118 Å². The van der Waals surface area contributed by atoms with E-state index in [1.807, 2.05) is 0 Å². The molecule has 2 bridgehead atoms. The molecule has 0 amide bonds. The normalized spacial score (nSPS) is 35.0. The van der Waals surface area contributed by atoms with Gasteiger partial charge in [-0.05, 0) is 39.3 Å². The summed E-state index contributed by atoms with van der Waals surface area (Å²) in [5.74, 6) is 0. The van der Waals surface area contributed by atoms with Gasteiger partial charge in [-0.3, -0.25) is 0 Å². The van der Waals surface area contributed by atoms with Crippen molar-refractivity contribution in [1.29, 1.82) is 0 Å². The Hall–Kier alpha value is 1.62. The molecule has 2 rings (SSSR count). The van der Waals surface area contributed by atoms with Gasteiger partial charge in [0.15, 0.2) is 16.6 Å². The van der Waals surface area contributed by atoms with Gasteiger partial charge in [0.1, 0.15) is 0 Å². The maximum atomic E-state index is 7.85. The van der Waals surface area contributed by atoms with Crippen molar-refractivity contribution in [2.75, 3.05) is 0 Å². The largest absolute Gasteiger partial charge is 0.437 e. The fourth-order valence-corrected chi connectivity index (χ4v) is 113. The third-order valence-corrected chi connectivity index (χ3v) is 80.6. The van der Waals surface area contributed by atoms with Crippen LogP contribution < -0.4 is 0 Å². The lowest BCUT2D eigenvalue weighted by Gasteiger charge is -2.79. The highest BCUT2D eigenvalue weighted by Crippen LogP contribution is 2.73. The van der Waals surface area contributed by atoms with Crippen LogP contribution in [0, 0.1) is 0 Å². The minimum absolute atomic E-state index is 0.224. The molecule has 11 heteroatoms. The Morgan fingerprint density at radius 1 is 0.387 bits per heavy atom. The molecule has 0 spiro atoms. The van der Waals surface area contributed by atoms with E-state index in [4.69, 9.17) is 12.3 Å². The number of hydrogen-bond acceptors (Lipinski definition) is 3. The fourth-order valence-electron chi connectivity index (χ4n) is 11.5. The highest BCUT2D eigenvalue weighted by molar-refractivity contribution is 7.36. The molecule has 2 heterocycles. The van der Waals surface area contributed by atoms with Crippen molar-refractivity contribution in [3.8, 4) is 0 Å². The SMILES string of the molecule is C[Si](C)(C)C1([Si](C)(C)C)[Si](C)(C)O[Si]2(C)O[Si]1(C)O[Si](C)(C)C2([Si](C)(C)C)[Si](C)(C)C. The molecule has 2 unspecified atom stereocenters. The zero-order valence-corrected chi connectivity index (χ0v) is 32.2. The maximum absolute atomic E-state index is 7.85. The van der Waals surface area contributed by atoms with Gasteiger partial charge >= 0.3 is 17.1 Å². The van der Waals surface area contributed by atoms with Crippen LogP contribution in [0.15, 0.2) is 0 Å². The molecule has 184 valence electrons. The molecule has 2 aliphatic heterocycles. The van der Waals surface area contributed by atoms with Gasteiger partial charge < -0.3 is 12.3 Å². The fraction of sp³-hybridized carbons (Fsp3) is 1.00. The summed E-state index contributed by atoms with van der Waals surface area (Å²) in [6.07, 6.45) is 0. The van der Waals surface area contributed by atoms with Crippen molar-refractivity contribution in [2.24, 2.45) is 0 Å². The summed E-state index contributed by atoms with van der Waals surface area (Å²) < 4.78 is 23.9. The van der Waals surface area contributed by atoms with E-state index in [0.717, 1.165) is 0 Å². The van der Waals surface area contributed by atoms with Crippen LogP contribution in [-0.4, -0.2) is 66.1 Å². The Morgan fingerprint density at radius 2 is 0.581 bits per heavy atom. The van der Waals surface area contributed by atoms with Crippen LogP contribution in [0.25, 0.3) is 0 Å². The van der Waals surface area contributed by atoms with Crippen LogP contribution >= 0.6 is 0 Å². The summed E-state index contributed by atoms with van der Waals surface area (Å²) in [7, 11) is -16.0. The van der Waals surface area contributed by atoms with Gasteiger partial charge in [0.05, 0.1) is 32.3 Å². The van der Waals surface area contributed by atoms with Crippen molar-refractivity contribution in [2.45, 2.75) is 126 Å². The Morgan fingerprint density at radius 3 is 0.742 bits per heavy atom. The molecule has 2 saturated heterocycles. The van der Waals surface area contributed by atoms with Gasteiger partial charge in [-0.15, -0.1) is 0 Å². The standard InChI is InChI=1S/C20H54O3Si8/c1-24(2,3)19(25(4,5)6)28(13,14)21-31(18)20(26(7,8)9,27(10,11)12)29(15,16)22-30(19,17)23-31/h1-18H3. The highest BCUT2D eigenvalue weighted by Gasteiger charge is 2.88. The van der Waals surface area contributed by atoms with Gasteiger partial charge in [-0.25, -0.2) is 0 Å². The zero-order chi connectivity index (χ0) is 25.1. The highest BCUT2D eigenvalue weighted by atomic mass is 28.6. The molecule has 0 N–H and O–H groups in total. The Kier molecular flexibility index (Phi) is 6.61. The third kappa shape index (κ3) is 3.30. The minimum Gasteiger partial charge on any atom is -0.437 e. The topological polar surface area (TPSA) is 27.7 Å². The first kappa shape index (κ1) is 28.8. The molecule has 0 aromatic heterocycles. The zero-order valence-electron chi connectivity index (χ0n) is 24.2. The summed E-state index contributed by atoms with van der Waals surface area (Å²) in [4.78, 5) is 0. The lowest BCUT2D eigenvalue weighted by molar-refractivity contribution is 0.256. The van der Waals surface area contributed by atoms with E-state index < -0.39 is 66.1 Å². The van der Waals surface area contributed by atoms with Crippen LogP contribution in [0.5, 0.6) is 0 Å². The van der Waals surface area contributed by atoms with Crippen molar-refractivity contribution in [3.63, 3.8) is 0 Å². The first-order valence-corrected chi connectivity index (χ1v) is 36.7. The van der Waals surface area contributed by atoms with E-state index in [1.165, 1.54) is 0 Å². The van der Waals surface area contributed by atoms with Gasteiger partial charge in [0.2, 0.25) is 0 Å². The van der Waals surface area contributed by atoms with E-state index >= 15 is 0 Å². The van der Waals surface area contributed by atoms with Crippen LogP contribution in [0.4, 0.5) is 0 Å². The number of fused-ring (bicyclic) bond motifs is 2.